The third kappa shape index (κ3) is 1.13. The van der Waals surface area contributed by atoms with Gasteiger partial charge < -0.3 is 10.5 Å². The quantitative estimate of drug-likeness (QED) is 0.565. The summed E-state index contributed by atoms with van der Waals surface area (Å²) in [5.41, 5.74) is 6.10. The van der Waals surface area contributed by atoms with Crippen LogP contribution in [0, 0.1) is 6.07 Å². The topological polar surface area (TPSA) is 35.2 Å². The maximum atomic E-state index is 5.47. The number of benzene rings is 1. The van der Waals surface area contributed by atoms with Crippen LogP contribution in [-0.2, 0) is 0 Å². The Morgan fingerprint density at radius 1 is 1.67 bits per heavy atom. The molecule has 1 aromatic carbocycles. The molecule has 1 aromatic rings. The minimum absolute atomic E-state index is 0.625. The standard InChI is InChI=1S/C7H8NO/c1-9-7-5-3-2-4-6(7)8/h3-5H,8H2,1H3. The summed E-state index contributed by atoms with van der Waals surface area (Å²) in [4.78, 5) is 0. The highest BCUT2D eigenvalue weighted by atomic mass is 16.5. The molecule has 1 rings (SSSR count). The maximum absolute atomic E-state index is 5.47. The molecule has 0 amide bonds. The molecule has 0 aromatic heterocycles. The van der Waals surface area contributed by atoms with Crippen LogP contribution in [0.3, 0.4) is 0 Å². The normalized spacial score (nSPS) is 9.00. The zero-order valence-electron chi connectivity index (χ0n) is 5.22. The molecule has 1 radical (unpaired) electrons. The van der Waals surface area contributed by atoms with Crippen molar-refractivity contribution in [2.45, 2.75) is 0 Å². The molecule has 0 atom stereocenters. The van der Waals surface area contributed by atoms with E-state index in [9.17, 15) is 0 Å². The van der Waals surface area contributed by atoms with E-state index in [1.54, 1.807) is 25.3 Å². The molecule has 0 aliphatic rings. The largest absolute Gasteiger partial charge is 0.495 e. The van der Waals surface area contributed by atoms with Crippen LogP contribution in [0.15, 0.2) is 18.2 Å². The average Bonchev–Trinajstić information content (AvgIpc) is 1.89. The van der Waals surface area contributed by atoms with Crippen LogP contribution in [0.2, 0.25) is 0 Å². The average molecular weight is 122 g/mol. The van der Waals surface area contributed by atoms with E-state index in [2.05, 4.69) is 6.07 Å². The Kier molecular flexibility index (Phi) is 1.58. The van der Waals surface area contributed by atoms with Crippen LogP contribution in [0.4, 0.5) is 5.69 Å². The van der Waals surface area contributed by atoms with E-state index in [1.807, 2.05) is 0 Å². The Morgan fingerprint density at radius 3 is 2.89 bits per heavy atom. The first-order chi connectivity index (χ1) is 4.34. The number of ether oxygens (including phenoxy) is 1. The van der Waals surface area contributed by atoms with Gasteiger partial charge in [0.15, 0.2) is 0 Å². The van der Waals surface area contributed by atoms with Gasteiger partial charge in [-0.25, -0.2) is 0 Å². The first-order valence-electron chi connectivity index (χ1n) is 2.64. The second-order valence-corrected chi connectivity index (χ2v) is 1.67. The van der Waals surface area contributed by atoms with Crippen molar-refractivity contribution < 1.29 is 4.74 Å². The highest BCUT2D eigenvalue weighted by Crippen LogP contribution is 2.17. The molecule has 0 spiro atoms. The fraction of sp³-hybridized carbons (Fsp3) is 0.143. The van der Waals surface area contributed by atoms with Gasteiger partial charge in [-0.15, -0.1) is 0 Å². The van der Waals surface area contributed by atoms with Crippen molar-refractivity contribution in [3.8, 4) is 5.75 Å². The number of nitrogen functional groups attached to an aromatic ring is 1. The van der Waals surface area contributed by atoms with Crippen molar-refractivity contribution in [3.05, 3.63) is 24.3 Å². The Hall–Kier alpha value is -1.18. The van der Waals surface area contributed by atoms with E-state index in [-0.39, 0.29) is 0 Å². The van der Waals surface area contributed by atoms with Crippen molar-refractivity contribution in [3.63, 3.8) is 0 Å². The van der Waals surface area contributed by atoms with Crippen molar-refractivity contribution in [2.75, 3.05) is 12.8 Å². The molecule has 0 fully saturated rings. The summed E-state index contributed by atoms with van der Waals surface area (Å²) in [6, 6.07) is 8.04. The fourth-order valence-electron chi connectivity index (χ4n) is 0.615. The highest BCUT2D eigenvalue weighted by Gasteiger charge is 1.92. The number of methoxy groups -OCH3 is 1. The van der Waals surface area contributed by atoms with Crippen LogP contribution in [0.1, 0.15) is 0 Å². The molecule has 9 heavy (non-hydrogen) atoms. The first-order valence-corrected chi connectivity index (χ1v) is 2.64. The molecule has 2 nitrogen and oxygen atoms in total. The summed E-state index contributed by atoms with van der Waals surface area (Å²) < 4.78 is 4.90. The predicted molar refractivity (Wildman–Crippen MR) is 36.2 cm³/mol. The van der Waals surface area contributed by atoms with E-state index in [0.29, 0.717) is 11.4 Å². The molecule has 47 valence electrons. The van der Waals surface area contributed by atoms with Gasteiger partial charge in [-0.3, -0.25) is 0 Å². The lowest BCUT2D eigenvalue weighted by molar-refractivity contribution is 0.417. The SMILES string of the molecule is COc1cc[c]cc1N. The number of nitrogens with two attached hydrogens (primary N) is 1. The van der Waals surface area contributed by atoms with Gasteiger partial charge in [0.25, 0.3) is 0 Å². The van der Waals surface area contributed by atoms with Crippen molar-refractivity contribution in [1.29, 1.82) is 0 Å². The van der Waals surface area contributed by atoms with Crippen molar-refractivity contribution in [2.24, 2.45) is 0 Å². The van der Waals surface area contributed by atoms with Gasteiger partial charge in [0.1, 0.15) is 5.75 Å². The minimum atomic E-state index is 0.625. The Morgan fingerprint density at radius 2 is 2.44 bits per heavy atom. The summed E-state index contributed by atoms with van der Waals surface area (Å²) >= 11 is 0. The van der Waals surface area contributed by atoms with E-state index in [0.717, 1.165) is 0 Å². The number of hydrogen-bond acceptors (Lipinski definition) is 2. The molecular formula is C7H8NO. The van der Waals surface area contributed by atoms with Crippen LogP contribution in [0.5, 0.6) is 5.75 Å². The lowest BCUT2D eigenvalue weighted by Crippen LogP contribution is -1.90. The summed E-state index contributed by atoms with van der Waals surface area (Å²) in [6.07, 6.45) is 0. The second kappa shape index (κ2) is 2.40. The molecule has 2 heteroatoms. The van der Waals surface area contributed by atoms with Crippen LogP contribution in [0.25, 0.3) is 0 Å². The lowest BCUT2D eigenvalue weighted by Gasteiger charge is -2.00. The monoisotopic (exact) mass is 122 g/mol. The molecule has 0 bridgehead atoms. The van der Waals surface area contributed by atoms with Gasteiger partial charge in [0, 0.05) is 0 Å². The van der Waals surface area contributed by atoms with Gasteiger partial charge in [-0.05, 0) is 18.2 Å². The van der Waals surface area contributed by atoms with Gasteiger partial charge in [-0.2, -0.15) is 0 Å². The molecule has 0 aliphatic heterocycles. The van der Waals surface area contributed by atoms with Gasteiger partial charge in [-0.1, -0.05) is 6.07 Å². The summed E-state index contributed by atoms with van der Waals surface area (Å²) in [5, 5.41) is 0. The molecule has 2 N–H and O–H groups in total. The van der Waals surface area contributed by atoms with E-state index < -0.39 is 0 Å². The minimum Gasteiger partial charge on any atom is -0.495 e. The first kappa shape index (κ1) is 5.95. The number of anilines is 1. The predicted octanol–water partition coefficient (Wildman–Crippen LogP) is 1.08. The molecule has 0 unspecified atom stereocenters. The Balaban J connectivity index is 3.01. The summed E-state index contributed by atoms with van der Waals surface area (Å²) in [7, 11) is 1.59. The van der Waals surface area contributed by atoms with E-state index in [4.69, 9.17) is 10.5 Å². The number of hydrogen-bond donors (Lipinski definition) is 1. The van der Waals surface area contributed by atoms with Crippen molar-refractivity contribution in [1.82, 2.24) is 0 Å². The molecule has 0 saturated carbocycles. The number of rotatable bonds is 1. The zero-order chi connectivity index (χ0) is 6.69. The Labute approximate surface area is 54.2 Å². The summed E-state index contributed by atoms with van der Waals surface area (Å²) in [6.45, 7) is 0. The zero-order valence-corrected chi connectivity index (χ0v) is 5.22. The van der Waals surface area contributed by atoms with Crippen LogP contribution >= 0.6 is 0 Å². The van der Waals surface area contributed by atoms with Crippen LogP contribution in [-0.4, -0.2) is 7.11 Å². The maximum Gasteiger partial charge on any atom is 0.141 e. The molecule has 0 aliphatic carbocycles. The third-order valence-electron chi connectivity index (χ3n) is 1.07. The summed E-state index contributed by atoms with van der Waals surface area (Å²) in [5.74, 6) is 0.703. The van der Waals surface area contributed by atoms with E-state index >= 15 is 0 Å². The van der Waals surface area contributed by atoms with E-state index in [1.165, 1.54) is 0 Å². The Bertz CT molecular complexity index is 198. The second-order valence-electron chi connectivity index (χ2n) is 1.67. The highest BCUT2D eigenvalue weighted by molar-refractivity contribution is 5.51. The van der Waals surface area contributed by atoms with Gasteiger partial charge in [0.05, 0.1) is 12.8 Å². The third-order valence-corrected chi connectivity index (χ3v) is 1.07. The molecule has 0 saturated heterocycles. The van der Waals surface area contributed by atoms with Gasteiger partial charge >= 0.3 is 0 Å². The molecular weight excluding hydrogens is 114 g/mol. The smallest absolute Gasteiger partial charge is 0.141 e. The van der Waals surface area contributed by atoms with Crippen LogP contribution < -0.4 is 10.5 Å². The molecule has 0 heterocycles. The van der Waals surface area contributed by atoms with Gasteiger partial charge in [0.2, 0.25) is 0 Å². The fourth-order valence-corrected chi connectivity index (χ4v) is 0.615. The lowest BCUT2D eigenvalue weighted by atomic mass is 10.3. The van der Waals surface area contributed by atoms with Crippen molar-refractivity contribution >= 4 is 5.69 Å².